The Morgan fingerprint density at radius 3 is 1.76 bits per heavy atom. The van der Waals surface area contributed by atoms with Gasteiger partial charge in [0.25, 0.3) is 7.82 Å². The lowest BCUT2D eigenvalue weighted by Gasteiger charge is -2.28. The van der Waals surface area contributed by atoms with Gasteiger partial charge in [-0.05, 0) is 64.2 Å². The number of ether oxygens (including phenoxy) is 2. The maximum Gasteiger partial charge on any atom is 0.306 e. The van der Waals surface area contributed by atoms with Gasteiger partial charge in [0.2, 0.25) is 0 Å². The SMILES string of the molecule is CCC/C=C\CCCCCCCCOCC(COP(=O)([O-])OCC[N+](C)(C)C)OC(=O)CCCCCCC/C=C\C/C=C\CCCCCC. The Kier molecular flexibility index (Phi) is 33.0. The summed E-state index contributed by atoms with van der Waals surface area (Å²) in [5.74, 6) is -0.352. The first kappa shape index (κ1) is 47.7. The molecular formula is C40H76NO7P. The number of carbonyl (C=O) groups excluding carboxylic acids is 1. The van der Waals surface area contributed by atoms with E-state index in [2.05, 4.69) is 50.3 Å². The van der Waals surface area contributed by atoms with Crippen LogP contribution in [-0.4, -0.2) is 70.7 Å². The topological polar surface area (TPSA) is 94.1 Å². The molecule has 0 N–H and O–H groups in total. The maximum absolute atomic E-state index is 12.6. The fourth-order valence-corrected chi connectivity index (χ4v) is 5.78. The first-order chi connectivity index (χ1) is 23.6. The van der Waals surface area contributed by atoms with Crippen molar-refractivity contribution in [2.45, 2.75) is 161 Å². The number of phosphoric acid groups is 1. The van der Waals surface area contributed by atoms with Gasteiger partial charge in [-0.15, -0.1) is 0 Å². The summed E-state index contributed by atoms with van der Waals surface area (Å²) in [6.07, 6.45) is 37.2. The molecule has 8 nitrogen and oxygen atoms in total. The molecule has 0 saturated heterocycles. The first-order valence-electron chi connectivity index (χ1n) is 19.7. The average molecular weight is 714 g/mol. The van der Waals surface area contributed by atoms with E-state index in [0.717, 1.165) is 64.2 Å². The second-order valence-electron chi connectivity index (χ2n) is 14.3. The molecule has 0 aliphatic rings. The molecule has 0 fully saturated rings. The third-order valence-corrected chi connectivity index (χ3v) is 9.11. The zero-order valence-corrected chi connectivity index (χ0v) is 33.3. The molecule has 0 radical (unpaired) electrons. The van der Waals surface area contributed by atoms with Crippen LogP contribution in [-0.2, 0) is 27.9 Å². The molecule has 2 atom stereocenters. The highest BCUT2D eigenvalue weighted by Gasteiger charge is 2.20. The fourth-order valence-electron chi connectivity index (χ4n) is 5.05. The number of hydrogen-bond donors (Lipinski definition) is 0. The van der Waals surface area contributed by atoms with Crippen molar-refractivity contribution in [3.63, 3.8) is 0 Å². The van der Waals surface area contributed by atoms with Crippen LogP contribution in [0.1, 0.15) is 155 Å². The van der Waals surface area contributed by atoms with Gasteiger partial charge in [-0.1, -0.05) is 121 Å². The van der Waals surface area contributed by atoms with Gasteiger partial charge in [0.05, 0.1) is 34.4 Å². The standard InChI is InChI=1S/C40H76NO7P/c1-6-8-10-12-14-16-18-19-20-21-22-23-25-27-29-31-33-40(42)48-39(38-47-49(43,44)46-36-34-41(3,4)5)37-45-35-32-30-28-26-24-17-15-13-11-9-7-2/h11,13,16,18,20-21,39H,6-10,12,14-15,17,19,22-38H2,1-5H3/b13-11-,18-16-,21-20-. The zero-order chi connectivity index (χ0) is 36.3. The van der Waals surface area contributed by atoms with Crippen LogP contribution in [0.15, 0.2) is 36.5 Å². The van der Waals surface area contributed by atoms with Crippen LogP contribution in [0.5, 0.6) is 0 Å². The van der Waals surface area contributed by atoms with Crippen LogP contribution in [0.4, 0.5) is 0 Å². The fraction of sp³-hybridized carbons (Fsp3) is 0.825. The van der Waals surface area contributed by atoms with Gasteiger partial charge in [-0.25, -0.2) is 0 Å². The molecular weight excluding hydrogens is 637 g/mol. The summed E-state index contributed by atoms with van der Waals surface area (Å²) >= 11 is 0. The average Bonchev–Trinajstić information content (AvgIpc) is 3.04. The highest BCUT2D eigenvalue weighted by Crippen LogP contribution is 2.38. The predicted molar refractivity (Wildman–Crippen MR) is 203 cm³/mol. The number of rotatable bonds is 36. The van der Waals surface area contributed by atoms with E-state index in [-0.39, 0.29) is 25.8 Å². The quantitative estimate of drug-likeness (QED) is 0.0210. The van der Waals surface area contributed by atoms with E-state index in [1.807, 2.05) is 21.1 Å². The highest BCUT2D eigenvalue weighted by atomic mass is 31.2. The molecule has 0 amide bonds. The summed E-state index contributed by atoms with van der Waals surface area (Å²) < 4.78 is 34.4. The van der Waals surface area contributed by atoms with Gasteiger partial charge < -0.3 is 27.9 Å². The molecule has 0 saturated carbocycles. The van der Waals surface area contributed by atoms with Crippen molar-refractivity contribution in [3.05, 3.63) is 36.5 Å². The molecule has 0 spiro atoms. The van der Waals surface area contributed by atoms with Gasteiger partial charge in [-0.2, -0.15) is 0 Å². The minimum Gasteiger partial charge on any atom is -0.756 e. The molecule has 0 aromatic carbocycles. The molecule has 9 heteroatoms. The third kappa shape index (κ3) is 37.8. The molecule has 0 bridgehead atoms. The van der Waals surface area contributed by atoms with Crippen molar-refractivity contribution in [1.82, 2.24) is 0 Å². The van der Waals surface area contributed by atoms with Crippen molar-refractivity contribution >= 4 is 13.8 Å². The summed E-state index contributed by atoms with van der Waals surface area (Å²) in [7, 11) is 1.34. The summed E-state index contributed by atoms with van der Waals surface area (Å²) in [5.41, 5.74) is 0. The molecule has 0 aliphatic heterocycles. The molecule has 0 aliphatic carbocycles. The first-order valence-corrected chi connectivity index (χ1v) is 21.2. The van der Waals surface area contributed by atoms with Crippen LogP contribution in [0, 0.1) is 0 Å². The molecule has 0 aromatic heterocycles. The van der Waals surface area contributed by atoms with Crippen molar-refractivity contribution in [2.75, 3.05) is 54.1 Å². The second-order valence-corrected chi connectivity index (χ2v) is 15.7. The number of allylic oxidation sites excluding steroid dienone is 6. The molecule has 0 heterocycles. The van der Waals surface area contributed by atoms with Crippen LogP contribution in [0.2, 0.25) is 0 Å². The number of phosphoric ester groups is 1. The number of quaternary nitrogens is 1. The Balaban J connectivity index is 4.32. The summed E-state index contributed by atoms with van der Waals surface area (Å²) in [4.78, 5) is 24.9. The minimum atomic E-state index is -4.52. The minimum absolute atomic E-state index is 0.0215. The van der Waals surface area contributed by atoms with Crippen LogP contribution in [0.25, 0.3) is 0 Å². The van der Waals surface area contributed by atoms with E-state index in [1.165, 1.54) is 70.6 Å². The molecule has 0 rings (SSSR count). The van der Waals surface area contributed by atoms with Crippen molar-refractivity contribution in [3.8, 4) is 0 Å². The maximum atomic E-state index is 12.6. The third-order valence-electron chi connectivity index (χ3n) is 8.14. The van der Waals surface area contributed by atoms with E-state index in [1.54, 1.807) is 0 Å². The smallest absolute Gasteiger partial charge is 0.306 e. The molecule has 49 heavy (non-hydrogen) atoms. The normalized spacial score (nSPS) is 14.3. The lowest BCUT2D eigenvalue weighted by Crippen LogP contribution is -2.37. The van der Waals surface area contributed by atoms with E-state index < -0.39 is 13.9 Å². The molecule has 2 unspecified atom stereocenters. The van der Waals surface area contributed by atoms with Crippen molar-refractivity contribution in [2.24, 2.45) is 0 Å². The summed E-state index contributed by atoms with van der Waals surface area (Å²) in [5, 5.41) is 0. The van der Waals surface area contributed by atoms with Crippen LogP contribution in [0.3, 0.4) is 0 Å². The van der Waals surface area contributed by atoms with Gasteiger partial charge in [0.1, 0.15) is 19.3 Å². The Labute approximate surface area is 302 Å². The number of esters is 1. The number of nitrogens with zero attached hydrogens (tertiary/aromatic N) is 1. The van der Waals surface area contributed by atoms with Crippen molar-refractivity contribution < 1.29 is 37.3 Å². The Morgan fingerprint density at radius 2 is 1.16 bits per heavy atom. The number of likely N-dealkylation sites (N-methyl/N-ethyl adjacent to an activating group) is 1. The van der Waals surface area contributed by atoms with E-state index in [9.17, 15) is 14.3 Å². The molecule has 0 aromatic rings. The Bertz CT molecular complexity index is 884. The number of unbranched alkanes of at least 4 members (excludes halogenated alkanes) is 16. The number of hydrogen-bond acceptors (Lipinski definition) is 7. The Morgan fingerprint density at radius 1 is 0.633 bits per heavy atom. The highest BCUT2D eigenvalue weighted by molar-refractivity contribution is 7.45. The lowest BCUT2D eigenvalue weighted by molar-refractivity contribution is -0.870. The van der Waals surface area contributed by atoms with Gasteiger partial charge in [-0.3, -0.25) is 9.36 Å². The molecule has 288 valence electrons. The lowest BCUT2D eigenvalue weighted by atomic mass is 10.1. The largest absolute Gasteiger partial charge is 0.756 e. The second kappa shape index (κ2) is 33.8. The van der Waals surface area contributed by atoms with E-state index in [4.69, 9.17) is 18.5 Å². The van der Waals surface area contributed by atoms with Gasteiger partial charge in [0, 0.05) is 13.0 Å². The zero-order valence-electron chi connectivity index (χ0n) is 32.4. The monoisotopic (exact) mass is 714 g/mol. The van der Waals surface area contributed by atoms with Crippen molar-refractivity contribution in [1.29, 1.82) is 0 Å². The predicted octanol–water partition coefficient (Wildman–Crippen LogP) is 10.4. The summed E-state index contributed by atoms with van der Waals surface area (Å²) in [6, 6.07) is 0. The van der Waals surface area contributed by atoms with E-state index >= 15 is 0 Å². The van der Waals surface area contributed by atoms with Crippen LogP contribution >= 0.6 is 7.82 Å². The number of carbonyl (C=O) groups is 1. The summed E-state index contributed by atoms with van der Waals surface area (Å²) in [6.45, 7) is 5.29. The van der Waals surface area contributed by atoms with E-state index in [0.29, 0.717) is 24.1 Å². The van der Waals surface area contributed by atoms with Gasteiger partial charge in [0.15, 0.2) is 0 Å². The van der Waals surface area contributed by atoms with Gasteiger partial charge >= 0.3 is 5.97 Å². The Hall–Kier alpha value is -1.28. The van der Waals surface area contributed by atoms with Crippen LogP contribution < -0.4 is 4.89 Å².